The van der Waals surface area contributed by atoms with Gasteiger partial charge in [0.05, 0.1) is 30.7 Å². The summed E-state index contributed by atoms with van der Waals surface area (Å²) in [6.07, 6.45) is 5.09. The molecule has 2 aromatic carbocycles. The summed E-state index contributed by atoms with van der Waals surface area (Å²) in [6, 6.07) is 15.8. The van der Waals surface area contributed by atoms with Crippen LogP contribution in [0.25, 0.3) is 33.3 Å². The van der Waals surface area contributed by atoms with Gasteiger partial charge in [-0.3, -0.25) is 38.9 Å². The number of fused-ring (bicyclic) bond motifs is 6. The van der Waals surface area contributed by atoms with Crippen molar-refractivity contribution in [1.82, 2.24) is 40.0 Å². The second kappa shape index (κ2) is 22.6. The molecule has 4 aliphatic heterocycles. The fraction of sp³-hybridized carbons (Fsp3) is 0.544. The van der Waals surface area contributed by atoms with Crippen LogP contribution in [0.15, 0.2) is 60.8 Å². The number of ether oxygens (including phenoxy) is 3. The van der Waals surface area contributed by atoms with Crippen LogP contribution in [0, 0.1) is 23.2 Å². The Morgan fingerprint density at radius 1 is 0.986 bits per heavy atom. The van der Waals surface area contributed by atoms with Crippen LogP contribution in [0.2, 0.25) is 0 Å². The Bertz CT molecular complexity index is 2770. The highest BCUT2D eigenvalue weighted by Crippen LogP contribution is 2.42. The molecule has 8 rings (SSSR count). The molecule has 2 aromatic heterocycles. The van der Waals surface area contributed by atoms with Crippen LogP contribution in [-0.2, 0) is 57.6 Å². The fourth-order valence-electron chi connectivity index (χ4n) is 10.9. The van der Waals surface area contributed by atoms with Gasteiger partial charge in [0.15, 0.2) is 0 Å². The number of pyridine rings is 1. The molecule has 2 N–H and O–H groups in total. The van der Waals surface area contributed by atoms with E-state index in [0.29, 0.717) is 77.9 Å². The van der Waals surface area contributed by atoms with E-state index < -0.39 is 52.8 Å². The summed E-state index contributed by atoms with van der Waals surface area (Å²) >= 11 is 0. The van der Waals surface area contributed by atoms with E-state index in [1.165, 1.54) is 9.91 Å². The summed E-state index contributed by atoms with van der Waals surface area (Å²) in [4.78, 5) is 81.6. The Hall–Kier alpha value is -6.12. The Labute approximate surface area is 430 Å². The van der Waals surface area contributed by atoms with Crippen molar-refractivity contribution in [2.24, 2.45) is 11.3 Å². The number of amides is 4. The third-order valence-corrected chi connectivity index (χ3v) is 15.1. The summed E-state index contributed by atoms with van der Waals surface area (Å²) in [7, 11) is 5.52. The van der Waals surface area contributed by atoms with E-state index in [0.717, 1.165) is 50.1 Å². The number of rotatable bonds is 9. The van der Waals surface area contributed by atoms with Gasteiger partial charge in [0.1, 0.15) is 30.2 Å². The molecule has 4 amide bonds. The number of benzene rings is 2. The Balaban J connectivity index is 1.14. The molecule has 3 fully saturated rings. The number of cyclic esters (lactones) is 1. The van der Waals surface area contributed by atoms with Gasteiger partial charge in [0.25, 0.3) is 11.8 Å². The maximum atomic E-state index is 14.9. The highest BCUT2D eigenvalue weighted by Gasteiger charge is 2.40. The monoisotopic (exact) mass is 999 g/mol. The molecule has 6 bridgehead atoms. The van der Waals surface area contributed by atoms with Gasteiger partial charge in [-0.2, -0.15) is 0 Å². The maximum absolute atomic E-state index is 14.9. The standard InChI is InChI=1S/C57H74N8O8/c1-10-63-47-21-20-41-32-43(47)44(52(63)42-18-14-25-58-50(42)38(4)71-9)33-56(5,6)35-73-55(70)45-19-15-28-65(60-45)54(69)46(31-39-16-13-17-40(41)30-39)59-53(68)51(37(2)3)64-27-12-11-26-62(34-49(64)67)48(66)22-23-57(61(7)8)24-29-72-36-57/h13-14,16-18,20-21,25,30,32,37-38,45-46,51,60H,10-12,15,19,24,26-29,31,33-36H2,1-9H3,(H,59,68)/t38-,45-,46-,51?,57+/m0/s1. The summed E-state index contributed by atoms with van der Waals surface area (Å²) in [5, 5.41) is 5.62. The van der Waals surface area contributed by atoms with E-state index in [1.807, 2.05) is 58.0 Å². The number of aromatic nitrogens is 2. The van der Waals surface area contributed by atoms with Gasteiger partial charge in [-0.05, 0) is 118 Å². The van der Waals surface area contributed by atoms with Gasteiger partial charge >= 0.3 is 5.97 Å². The predicted molar refractivity (Wildman–Crippen MR) is 279 cm³/mol. The molecule has 0 aliphatic carbocycles. The number of esters is 1. The third-order valence-electron chi connectivity index (χ3n) is 15.1. The molecule has 390 valence electrons. The highest BCUT2D eigenvalue weighted by molar-refractivity contribution is 5.98. The number of methoxy groups -OCH3 is 1. The summed E-state index contributed by atoms with van der Waals surface area (Å²) in [6.45, 7) is 14.6. The van der Waals surface area contributed by atoms with Crippen molar-refractivity contribution < 1.29 is 38.2 Å². The molecule has 1 unspecified atom stereocenters. The zero-order valence-electron chi connectivity index (χ0n) is 44.2. The lowest BCUT2D eigenvalue weighted by molar-refractivity contribution is -0.155. The SMILES string of the molecule is CCn1c(-c2cccnc2[C@H](C)OC)c2c3cc(ccc31)-c1cccc(c1)C[C@H](NC(=O)C(C(C)C)N1CCCCN(C(=O)C#C[C@@]3(N(C)C)CCOC3)CC1=O)C(=O)N1CCC[C@H](N1)C(=O)OCC(C)(C)C2. The average molecular weight is 999 g/mol. The molecule has 4 aromatic rings. The topological polar surface area (TPSA) is 168 Å². The van der Waals surface area contributed by atoms with E-state index in [-0.39, 0.29) is 37.5 Å². The minimum Gasteiger partial charge on any atom is -0.464 e. The number of carbonyl (C=O) groups excluding carboxylic acids is 5. The second-order valence-electron chi connectivity index (χ2n) is 21.5. The highest BCUT2D eigenvalue weighted by atomic mass is 16.5. The number of hydrogen-bond donors (Lipinski definition) is 2. The normalized spacial score (nSPS) is 22.8. The molecule has 73 heavy (non-hydrogen) atoms. The molecule has 5 atom stereocenters. The van der Waals surface area contributed by atoms with Crippen LogP contribution in [0.3, 0.4) is 0 Å². The molecule has 0 saturated carbocycles. The number of hydrazine groups is 1. The number of carbonyl (C=O) groups is 5. The molecule has 16 heteroatoms. The third kappa shape index (κ3) is 11.5. The van der Waals surface area contributed by atoms with Crippen molar-refractivity contribution in [1.29, 1.82) is 0 Å². The average Bonchev–Trinajstić information content (AvgIpc) is 3.99. The van der Waals surface area contributed by atoms with Crippen molar-refractivity contribution in [3.05, 3.63) is 77.6 Å². The number of likely N-dealkylation sites (N-methyl/N-ethyl adjacent to an activating group) is 1. The second-order valence-corrected chi connectivity index (χ2v) is 21.5. The Morgan fingerprint density at radius 3 is 2.49 bits per heavy atom. The van der Waals surface area contributed by atoms with E-state index >= 15 is 0 Å². The maximum Gasteiger partial charge on any atom is 0.324 e. The molecule has 16 nitrogen and oxygen atoms in total. The number of nitrogens with zero attached hydrogens (tertiary/aromatic N) is 6. The number of hydrogen-bond acceptors (Lipinski definition) is 11. The van der Waals surface area contributed by atoms with Gasteiger partial charge in [0, 0.05) is 80.8 Å². The molecule has 6 heterocycles. The largest absolute Gasteiger partial charge is 0.464 e. The predicted octanol–water partition coefficient (Wildman–Crippen LogP) is 5.95. The van der Waals surface area contributed by atoms with Crippen LogP contribution < -0.4 is 10.7 Å². The summed E-state index contributed by atoms with van der Waals surface area (Å²) in [5.74, 6) is 3.46. The first-order valence-corrected chi connectivity index (χ1v) is 26.1. The zero-order valence-corrected chi connectivity index (χ0v) is 44.2. The molecule has 0 spiro atoms. The summed E-state index contributed by atoms with van der Waals surface area (Å²) < 4.78 is 20.0. The first-order chi connectivity index (χ1) is 34.9. The van der Waals surface area contributed by atoms with Crippen LogP contribution in [0.4, 0.5) is 0 Å². The number of nitrogens with one attached hydrogen (secondary N) is 2. The van der Waals surface area contributed by atoms with Crippen LogP contribution in [0.1, 0.15) is 96.6 Å². The lowest BCUT2D eigenvalue weighted by Gasteiger charge is -2.38. The Morgan fingerprint density at radius 2 is 1.77 bits per heavy atom. The van der Waals surface area contributed by atoms with Crippen molar-refractivity contribution in [2.45, 2.75) is 123 Å². The number of aryl methyl sites for hydroxylation is 1. The van der Waals surface area contributed by atoms with Crippen LogP contribution in [-0.4, -0.2) is 150 Å². The quantitative estimate of drug-likeness (QED) is 0.150. The molecule has 4 aliphatic rings. The molecule has 0 radical (unpaired) electrons. The van der Waals surface area contributed by atoms with E-state index in [4.69, 9.17) is 19.2 Å². The van der Waals surface area contributed by atoms with E-state index in [9.17, 15) is 24.0 Å². The van der Waals surface area contributed by atoms with Crippen molar-refractivity contribution in [3.63, 3.8) is 0 Å². The first-order valence-electron chi connectivity index (χ1n) is 26.1. The molecule has 3 saturated heterocycles. The lowest BCUT2D eigenvalue weighted by Crippen LogP contribution is -2.62. The van der Waals surface area contributed by atoms with Gasteiger partial charge in [-0.15, -0.1) is 0 Å². The van der Waals surface area contributed by atoms with Crippen molar-refractivity contribution in [2.75, 3.05) is 67.2 Å². The van der Waals surface area contributed by atoms with Gasteiger partial charge in [0.2, 0.25) is 11.8 Å². The minimum atomic E-state index is -1.08. The van der Waals surface area contributed by atoms with Gasteiger partial charge < -0.3 is 33.9 Å². The first kappa shape index (κ1) is 53.2. The van der Waals surface area contributed by atoms with Gasteiger partial charge in [-0.25, -0.2) is 5.43 Å². The van der Waals surface area contributed by atoms with E-state index in [2.05, 4.69) is 84.3 Å². The minimum absolute atomic E-state index is 0.128. The lowest BCUT2D eigenvalue weighted by atomic mass is 9.84. The van der Waals surface area contributed by atoms with Crippen LogP contribution in [0.5, 0.6) is 0 Å². The Kier molecular flexibility index (Phi) is 16.4. The molecular weight excluding hydrogens is 925 g/mol. The van der Waals surface area contributed by atoms with Crippen molar-refractivity contribution in [3.8, 4) is 34.2 Å². The van der Waals surface area contributed by atoms with Crippen molar-refractivity contribution >= 4 is 40.5 Å². The fourth-order valence-corrected chi connectivity index (χ4v) is 10.9. The van der Waals surface area contributed by atoms with E-state index in [1.54, 1.807) is 18.2 Å². The van der Waals surface area contributed by atoms with Gasteiger partial charge in [-0.1, -0.05) is 63.9 Å². The smallest absolute Gasteiger partial charge is 0.324 e. The zero-order chi connectivity index (χ0) is 52.2. The molecular formula is C57H74N8O8. The van der Waals surface area contributed by atoms with Crippen LogP contribution >= 0.6 is 0 Å². The summed E-state index contributed by atoms with van der Waals surface area (Å²) in [5.41, 5.74) is 9.85.